The quantitative estimate of drug-likeness (QED) is 0.172. The minimum absolute atomic E-state index is 0.0817. The first-order valence-electron chi connectivity index (χ1n) is 18.9. The van der Waals surface area contributed by atoms with Gasteiger partial charge in [-0.2, -0.15) is 0 Å². The van der Waals surface area contributed by atoms with E-state index in [1.54, 1.807) is 5.56 Å². The molecule has 2 bridgehead atoms. The van der Waals surface area contributed by atoms with E-state index in [4.69, 9.17) is 0 Å². The Labute approximate surface area is 302 Å². The van der Waals surface area contributed by atoms with Gasteiger partial charge in [0.2, 0.25) is 0 Å². The highest BCUT2D eigenvalue weighted by molar-refractivity contribution is 5.99. The maximum atomic E-state index is 2.46. The highest BCUT2D eigenvalue weighted by Crippen LogP contribution is 2.55. The molecule has 0 aromatic heterocycles. The van der Waals surface area contributed by atoms with Crippen molar-refractivity contribution in [1.82, 2.24) is 0 Å². The largest absolute Gasteiger partial charge is 0.310 e. The molecule has 3 aliphatic rings. The van der Waals surface area contributed by atoms with Crippen molar-refractivity contribution < 1.29 is 0 Å². The van der Waals surface area contributed by atoms with Gasteiger partial charge in [0.25, 0.3) is 0 Å². The molecule has 51 heavy (non-hydrogen) atoms. The van der Waals surface area contributed by atoms with Crippen LogP contribution in [0.4, 0.5) is 17.1 Å². The summed E-state index contributed by atoms with van der Waals surface area (Å²) >= 11 is 0. The van der Waals surface area contributed by atoms with E-state index in [9.17, 15) is 0 Å². The summed E-state index contributed by atoms with van der Waals surface area (Å²) in [7, 11) is 0. The van der Waals surface area contributed by atoms with Gasteiger partial charge >= 0.3 is 0 Å². The standard InChI is InChI=1S/C50H43N/c1-50(2)47-18-10-8-17-44(47)45-27-26-38(32-48(45)50)51(49-19-11-9-14-40(49)34-12-4-3-5-13-34)37-24-22-35(23-25-37)39-28-29-43(42-16-7-6-15-41(39)42)46-31-33-20-21-36(46)30-33/h3-19,22-29,32-33,36,46H,20-21,30-31H2,1-2H3. The lowest BCUT2D eigenvalue weighted by Crippen LogP contribution is -2.16. The van der Waals surface area contributed by atoms with Crippen LogP contribution in [0.2, 0.25) is 0 Å². The van der Waals surface area contributed by atoms with Crippen molar-refractivity contribution in [2.24, 2.45) is 11.8 Å². The van der Waals surface area contributed by atoms with Crippen LogP contribution in [0.3, 0.4) is 0 Å². The van der Waals surface area contributed by atoms with Crippen LogP contribution in [0.15, 0.2) is 158 Å². The molecule has 0 heterocycles. The fourth-order valence-electron chi connectivity index (χ4n) is 10.1. The molecule has 0 spiro atoms. The second-order valence-electron chi connectivity index (χ2n) is 15.7. The van der Waals surface area contributed by atoms with E-state index in [0.29, 0.717) is 5.92 Å². The van der Waals surface area contributed by atoms with Crippen LogP contribution < -0.4 is 4.90 Å². The molecular formula is C50H43N. The second-order valence-corrected chi connectivity index (χ2v) is 15.7. The molecule has 0 radical (unpaired) electrons. The highest BCUT2D eigenvalue weighted by Gasteiger charge is 2.41. The van der Waals surface area contributed by atoms with E-state index in [-0.39, 0.29) is 5.41 Å². The summed E-state index contributed by atoms with van der Waals surface area (Å²) in [5.41, 5.74) is 15.5. The Morgan fingerprint density at radius 2 is 1.14 bits per heavy atom. The number of hydrogen-bond donors (Lipinski definition) is 0. The molecule has 10 rings (SSSR count). The molecule has 3 aliphatic carbocycles. The molecular weight excluding hydrogens is 615 g/mol. The van der Waals surface area contributed by atoms with E-state index >= 15 is 0 Å². The van der Waals surface area contributed by atoms with Crippen molar-refractivity contribution in [3.8, 4) is 33.4 Å². The summed E-state index contributed by atoms with van der Waals surface area (Å²) in [5, 5.41) is 2.81. The molecule has 0 N–H and O–H groups in total. The average molecular weight is 658 g/mol. The fraction of sp³-hybridized carbons (Fsp3) is 0.200. The van der Waals surface area contributed by atoms with Gasteiger partial charge < -0.3 is 4.90 Å². The predicted molar refractivity (Wildman–Crippen MR) is 215 cm³/mol. The van der Waals surface area contributed by atoms with Crippen molar-refractivity contribution in [1.29, 1.82) is 0 Å². The molecule has 2 fully saturated rings. The Bertz CT molecular complexity index is 2420. The zero-order valence-electron chi connectivity index (χ0n) is 29.5. The van der Waals surface area contributed by atoms with Gasteiger partial charge in [-0.15, -0.1) is 0 Å². The monoisotopic (exact) mass is 657 g/mol. The summed E-state index contributed by atoms with van der Waals surface area (Å²) in [6, 6.07) is 58.9. The van der Waals surface area contributed by atoms with Gasteiger partial charge in [0.15, 0.2) is 0 Å². The first-order valence-corrected chi connectivity index (χ1v) is 18.9. The molecule has 3 unspecified atom stereocenters. The molecule has 1 nitrogen and oxygen atoms in total. The molecule has 7 aromatic rings. The number of fused-ring (bicyclic) bond motifs is 6. The third-order valence-corrected chi connectivity index (χ3v) is 12.6. The molecule has 248 valence electrons. The lowest BCUT2D eigenvalue weighted by Gasteiger charge is -2.30. The van der Waals surface area contributed by atoms with E-state index in [2.05, 4.69) is 176 Å². The summed E-state index contributed by atoms with van der Waals surface area (Å²) in [5.74, 6) is 2.52. The number of rotatable bonds is 6. The third kappa shape index (κ3) is 4.89. The number of benzene rings is 7. The van der Waals surface area contributed by atoms with E-state index in [1.807, 2.05) is 0 Å². The van der Waals surface area contributed by atoms with Gasteiger partial charge in [0.1, 0.15) is 0 Å². The average Bonchev–Trinajstić information content (AvgIpc) is 3.88. The molecule has 2 saturated carbocycles. The second kappa shape index (κ2) is 11.8. The summed E-state index contributed by atoms with van der Waals surface area (Å²) in [6.07, 6.45) is 5.65. The minimum atomic E-state index is -0.0817. The normalized spacial score (nSPS) is 19.6. The maximum absolute atomic E-state index is 2.46. The zero-order chi connectivity index (χ0) is 34.1. The highest BCUT2D eigenvalue weighted by atomic mass is 15.1. The van der Waals surface area contributed by atoms with E-state index < -0.39 is 0 Å². The van der Waals surface area contributed by atoms with Gasteiger partial charge in [0, 0.05) is 22.4 Å². The number of hydrogen-bond acceptors (Lipinski definition) is 1. The molecule has 7 aromatic carbocycles. The van der Waals surface area contributed by atoms with Crippen LogP contribution in [-0.2, 0) is 5.41 Å². The topological polar surface area (TPSA) is 3.24 Å². The van der Waals surface area contributed by atoms with Crippen LogP contribution in [0.5, 0.6) is 0 Å². The van der Waals surface area contributed by atoms with Crippen molar-refractivity contribution in [3.63, 3.8) is 0 Å². The van der Waals surface area contributed by atoms with Crippen molar-refractivity contribution >= 4 is 27.8 Å². The van der Waals surface area contributed by atoms with Gasteiger partial charge in [-0.25, -0.2) is 0 Å². The molecule has 0 aliphatic heterocycles. The van der Waals surface area contributed by atoms with Crippen LogP contribution in [0.1, 0.15) is 62.1 Å². The minimum Gasteiger partial charge on any atom is -0.310 e. The van der Waals surface area contributed by atoms with Gasteiger partial charge in [0.05, 0.1) is 5.69 Å². The predicted octanol–water partition coefficient (Wildman–Crippen LogP) is 13.9. The Morgan fingerprint density at radius 1 is 0.490 bits per heavy atom. The van der Waals surface area contributed by atoms with E-state index in [0.717, 1.165) is 17.5 Å². The van der Waals surface area contributed by atoms with E-state index in [1.165, 1.54) is 92.3 Å². The molecule has 3 atom stereocenters. The summed E-state index contributed by atoms with van der Waals surface area (Å²) in [4.78, 5) is 2.46. The Hall–Kier alpha value is -5.40. The van der Waals surface area contributed by atoms with Crippen molar-refractivity contribution in [2.45, 2.75) is 50.9 Å². The molecule has 0 saturated heterocycles. The summed E-state index contributed by atoms with van der Waals surface area (Å²) < 4.78 is 0. The fourth-order valence-corrected chi connectivity index (χ4v) is 10.1. The SMILES string of the molecule is CC1(C)c2ccccc2-c2ccc(N(c3ccc(-c4ccc(C5CC6CCC5C6)c5ccccc45)cc3)c3ccccc3-c3ccccc3)cc21. The lowest BCUT2D eigenvalue weighted by molar-refractivity contribution is 0.422. The number of para-hydroxylation sites is 1. The van der Waals surface area contributed by atoms with Gasteiger partial charge in [-0.1, -0.05) is 148 Å². The smallest absolute Gasteiger partial charge is 0.0540 e. The van der Waals surface area contributed by atoms with Crippen molar-refractivity contribution in [3.05, 3.63) is 174 Å². The van der Waals surface area contributed by atoms with Crippen LogP contribution in [-0.4, -0.2) is 0 Å². The number of anilines is 3. The zero-order valence-corrected chi connectivity index (χ0v) is 29.5. The first kappa shape index (κ1) is 30.4. The van der Waals surface area contributed by atoms with Gasteiger partial charge in [-0.05, 0) is 123 Å². The lowest BCUT2D eigenvalue weighted by atomic mass is 9.80. The first-order chi connectivity index (χ1) is 25.0. The molecule has 0 amide bonds. The number of nitrogens with zero attached hydrogens (tertiary/aromatic N) is 1. The van der Waals surface area contributed by atoms with Crippen LogP contribution in [0.25, 0.3) is 44.2 Å². The maximum Gasteiger partial charge on any atom is 0.0540 e. The van der Waals surface area contributed by atoms with Crippen LogP contribution >= 0.6 is 0 Å². The molecule has 1 heteroatoms. The Kier molecular flexibility index (Phi) is 7.07. The van der Waals surface area contributed by atoms with Crippen molar-refractivity contribution in [2.75, 3.05) is 4.90 Å². The summed E-state index contributed by atoms with van der Waals surface area (Å²) in [6.45, 7) is 4.73. The Morgan fingerprint density at radius 3 is 1.92 bits per heavy atom. The third-order valence-electron chi connectivity index (χ3n) is 12.6. The Balaban J connectivity index is 1.10. The van der Waals surface area contributed by atoms with Crippen LogP contribution in [0, 0.1) is 11.8 Å². The van der Waals surface area contributed by atoms with Gasteiger partial charge in [-0.3, -0.25) is 0 Å².